The van der Waals surface area contributed by atoms with Crippen LogP contribution in [0.3, 0.4) is 0 Å². The minimum atomic E-state index is -0.273. The van der Waals surface area contributed by atoms with Crippen LogP contribution < -0.4 is 15.3 Å². The molecule has 0 aliphatic rings. The van der Waals surface area contributed by atoms with Gasteiger partial charge in [0.2, 0.25) is 0 Å². The van der Waals surface area contributed by atoms with Crippen molar-refractivity contribution in [3.63, 3.8) is 0 Å². The van der Waals surface area contributed by atoms with Crippen molar-refractivity contribution in [3.05, 3.63) is 57.6 Å². The van der Waals surface area contributed by atoms with Crippen molar-refractivity contribution in [3.8, 4) is 11.5 Å². The second kappa shape index (κ2) is 14.4. The Kier molecular flexibility index (Phi) is 13.6. The van der Waals surface area contributed by atoms with Crippen molar-refractivity contribution in [2.75, 3.05) is 26.3 Å². The molecule has 0 saturated carbocycles. The van der Waals surface area contributed by atoms with Crippen LogP contribution in [0, 0.1) is 0 Å². The zero-order valence-corrected chi connectivity index (χ0v) is 16.7. The molecule has 0 aliphatic carbocycles. The third-order valence-corrected chi connectivity index (χ3v) is 3.32. The molecule has 0 unspecified atom stereocenters. The van der Waals surface area contributed by atoms with Gasteiger partial charge < -0.3 is 20.4 Å². The monoisotopic (exact) mass is 454 g/mol. The summed E-state index contributed by atoms with van der Waals surface area (Å²) in [6, 6.07) is 8.90. The van der Waals surface area contributed by atoms with Crippen molar-refractivity contribution in [2.24, 2.45) is 9.98 Å². The van der Waals surface area contributed by atoms with Gasteiger partial charge in [0.15, 0.2) is 0 Å². The Hall–Kier alpha value is -1.61. The molecule has 0 radical (unpaired) electrons. The van der Waals surface area contributed by atoms with E-state index in [1.54, 1.807) is 6.07 Å². The molecular weight excluding hydrogens is 438 g/mol. The van der Waals surface area contributed by atoms with Gasteiger partial charge in [-0.05, 0) is 35.4 Å². The molecule has 1 N–H and O–H groups in total. The third-order valence-electron chi connectivity index (χ3n) is 2.85. The molecule has 0 amide bonds. The van der Waals surface area contributed by atoms with Crippen molar-refractivity contribution in [2.45, 2.75) is 0 Å². The van der Waals surface area contributed by atoms with Gasteiger partial charge in [-0.3, -0.25) is 9.98 Å². The van der Waals surface area contributed by atoms with Gasteiger partial charge in [0.1, 0.15) is 0 Å². The molecule has 146 valence electrons. The fourth-order valence-electron chi connectivity index (χ4n) is 1.68. The van der Waals surface area contributed by atoms with Crippen LogP contribution in [-0.4, -0.2) is 43.8 Å². The van der Waals surface area contributed by atoms with E-state index in [0.717, 1.165) is 0 Å². The molecule has 2 rings (SSSR count). The van der Waals surface area contributed by atoms with Gasteiger partial charge in [0.05, 0.1) is 13.2 Å². The van der Waals surface area contributed by atoms with Crippen LogP contribution in [0.2, 0.25) is 10.0 Å². The van der Waals surface area contributed by atoms with Crippen molar-refractivity contribution < 1.29 is 37.2 Å². The number of aliphatic hydroxyl groups excluding tert-OH is 1. The van der Waals surface area contributed by atoms with E-state index < -0.39 is 0 Å². The molecule has 0 spiro atoms. The zero-order valence-electron chi connectivity index (χ0n) is 14.1. The van der Waals surface area contributed by atoms with Crippen LogP contribution in [0.15, 0.2) is 46.4 Å². The van der Waals surface area contributed by atoms with Crippen molar-refractivity contribution in [1.29, 1.82) is 0 Å². The van der Waals surface area contributed by atoms with E-state index in [1.807, 2.05) is 0 Å². The Morgan fingerprint density at radius 1 is 0.852 bits per heavy atom. The van der Waals surface area contributed by atoms with Crippen LogP contribution in [0.4, 0.5) is 0 Å². The van der Waals surface area contributed by atoms with Gasteiger partial charge in [-0.1, -0.05) is 46.8 Å². The van der Waals surface area contributed by atoms with Gasteiger partial charge >= 0.3 is 16.8 Å². The van der Waals surface area contributed by atoms with Crippen LogP contribution in [0.5, 0.6) is 11.5 Å². The first-order chi connectivity index (χ1) is 12.5. The summed E-state index contributed by atoms with van der Waals surface area (Å²) in [5.41, 5.74) is 0.863. The molecule has 2 aromatic carbocycles. The largest absolute Gasteiger partial charge is 3.00 e. The first-order valence-electron chi connectivity index (χ1n) is 7.59. The molecule has 27 heavy (non-hydrogen) atoms. The Morgan fingerprint density at radius 2 is 1.30 bits per heavy atom. The summed E-state index contributed by atoms with van der Waals surface area (Å²) < 4.78 is 0. The summed E-state index contributed by atoms with van der Waals surface area (Å²) in [5.74, 6) is -0.259. The first-order valence-corrected chi connectivity index (χ1v) is 8.35. The average Bonchev–Trinajstić information content (AvgIpc) is 2.62. The van der Waals surface area contributed by atoms with E-state index in [1.165, 1.54) is 42.8 Å². The Labute approximate surface area is 178 Å². The molecule has 6 nitrogen and oxygen atoms in total. The zero-order chi connectivity index (χ0) is 19.4. The number of aliphatic imine (C=N–C) groups is 2. The number of benzene rings is 2. The van der Waals surface area contributed by atoms with Gasteiger partial charge in [-0.25, -0.2) is 0 Å². The van der Waals surface area contributed by atoms with Gasteiger partial charge in [0.25, 0.3) is 0 Å². The number of hydrogen-bond donors (Lipinski definition) is 1. The maximum atomic E-state index is 11.2. The fraction of sp³-hybridized carbons (Fsp3) is 0.222. The second-order valence-electron chi connectivity index (χ2n) is 4.86. The summed E-state index contributed by atoms with van der Waals surface area (Å²) in [4.78, 5) is 7.59. The quantitative estimate of drug-likeness (QED) is 0.656. The number of halogens is 2. The SMILES string of the molecule is [Co+3].[O-]CCN=Cc1cc(Cl)ccc1[O-].[O-]c1ccc(Cl)cc1C=NCCO. The van der Waals surface area contributed by atoms with E-state index in [4.69, 9.17) is 28.3 Å². The maximum Gasteiger partial charge on any atom is 3.00 e. The smallest absolute Gasteiger partial charge is 0.872 e. The third kappa shape index (κ3) is 10.3. The fourth-order valence-corrected chi connectivity index (χ4v) is 2.04. The molecule has 0 aromatic heterocycles. The Balaban J connectivity index is 0.000000483. The summed E-state index contributed by atoms with van der Waals surface area (Å²) in [6.45, 7) is 0.189. The average molecular weight is 455 g/mol. The molecular formula is C18H17Cl2CoN2O4. The van der Waals surface area contributed by atoms with Gasteiger partial charge in [0, 0.05) is 29.0 Å². The summed E-state index contributed by atoms with van der Waals surface area (Å²) >= 11 is 11.3. The van der Waals surface area contributed by atoms with Crippen LogP contribution >= 0.6 is 23.2 Å². The summed E-state index contributed by atoms with van der Waals surface area (Å²) in [7, 11) is 0. The molecule has 0 aliphatic heterocycles. The molecule has 0 atom stereocenters. The maximum absolute atomic E-state index is 11.2. The Morgan fingerprint density at radius 3 is 1.70 bits per heavy atom. The van der Waals surface area contributed by atoms with E-state index >= 15 is 0 Å². The van der Waals surface area contributed by atoms with E-state index in [9.17, 15) is 15.3 Å². The Bertz CT molecular complexity index is 695. The van der Waals surface area contributed by atoms with Crippen molar-refractivity contribution in [1.82, 2.24) is 0 Å². The van der Waals surface area contributed by atoms with Gasteiger partial charge in [-0.2, -0.15) is 0 Å². The number of aliphatic hydroxyl groups is 1. The number of hydrogen-bond acceptors (Lipinski definition) is 6. The van der Waals surface area contributed by atoms with Crippen LogP contribution in [0.25, 0.3) is 0 Å². The second-order valence-corrected chi connectivity index (χ2v) is 5.74. The van der Waals surface area contributed by atoms with E-state index in [-0.39, 0.29) is 48.0 Å². The molecule has 9 heteroatoms. The standard InChI is InChI=1S/C9H10ClNO2.C9H9ClNO2.Co/c2*10-8-1-2-9(13)7(5-8)6-11-3-4-12;/h1-2,5-6,12-13H,3-4H2;1-2,5-6,13H,3-4H2;/q;-1;+3/p-2. The predicted molar refractivity (Wildman–Crippen MR) is 98.7 cm³/mol. The minimum absolute atomic E-state index is 0. The van der Waals surface area contributed by atoms with Gasteiger partial charge in [-0.15, -0.1) is 6.61 Å². The molecule has 2 aromatic rings. The summed E-state index contributed by atoms with van der Waals surface area (Å²) in [5, 5.41) is 41.8. The molecule has 0 fully saturated rings. The predicted octanol–water partition coefficient (Wildman–Crippen LogP) is 1.02. The van der Waals surface area contributed by atoms with E-state index in [0.29, 0.717) is 27.7 Å². The van der Waals surface area contributed by atoms with Crippen LogP contribution in [0.1, 0.15) is 11.1 Å². The van der Waals surface area contributed by atoms with Crippen molar-refractivity contribution >= 4 is 35.6 Å². The first kappa shape index (κ1) is 25.4. The molecule has 0 saturated heterocycles. The van der Waals surface area contributed by atoms with E-state index in [2.05, 4.69) is 9.98 Å². The summed E-state index contributed by atoms with van der Waals surface area (Å²) in [6.07, 6.45) is 2.80. The number of nitrogens with zero attached hydrogens (tertiary/aromatic N) is 2. The topological polar surface area (TPSA) is 114 Å². The molecule has 0 heterocycles. The van der Waals surface area contributed by atoms with Crippen LogP contribution in [-0.2, 0) is 16.8 Å². The minimum Gasteiger partial charge on any atom is -0.872 e. The normalized spacial score (nSPS) is 10.5. The molecule has 0 bridgehead atoms. The number of rotatable bonds is 6.